The third kappa shape index (κ3) is 11.5. The number of nitrogens with two attached hydrogens (primary N) is 1. The fraction of sp³-hybridized carbons (Fsp3) is 0.615. The molecule has 0 bridgehead atoms. The molecule has 0 aliphatic carbocycles. The molecule has 0 unspecified atom stereocenters. The Hall–Kier alpha value is -3.14. The number of ether oxygens (including phenoxy) is 1. The van der Waals surface area contributed by atoms with Gasteiger partial charge in [-0.1, -0.05) is 39.8 Å². The van der Waals surface area contributed by atoms with Crippen molar-refractivity contribution in [2.24, 2.45) is 11.7 Å². The Morgan fingerprint density at radius 3 is 2.19 bits per heavy atom. The maximum Gasteiger partial charge on any atom is 0.312 e. The van der Waals surface area contributed by atoms with Gasteiger partial charge in [0.05, 0.1) is 6.04 Å². The maximum atomic E-state index is 13.2. The number of esters is 1. The number of urea groups is 1. The highest BCUT2D eigenvalue weighted by molar-refractivity contribution is 5.97. The molecule has 6 N–H and O–H groups in total. The van der Waals surface area contributed by atoms with Crippen molar-refractivity contribution in [3.8, 4) is 0 Å². The van der Waals surface area contributed by atoms with Crippen molar-refractivity contribution in [1.82, 2.24) is 16.0 Å². The molecule has 0 saturated heterocycles. The van der Waals surface area contributed by atoms with Crippen LogP contribution in [0.5, 0.6) is 0 Å². The van der Waals surface area contributed by atoms with E-state index in [1.165, 1.54) is 0 Å². The van der Waals surface area contributed by atoms with Gasteiger partial charge in [0, 0.05) is 24.2 Å². The lowest BCUT2D eigenvalue weighted by Gasteiger charge is -2.33. The van der Waals surface area contributed by atoms with Crippen LogP contribution in [0.15, 0.2) is 24.3 Å². The topological polar surface area (TPSA) is 152 Å². The molecule has 2 atom stereocenters. The molecule has 0 aromatic heterocycles. The van der Waals surface area contributed by atoms with Gasteiger partial charge in [0.15, 0.2) is 0 Å². The van der Waals surface area contributed by atoms with Crippen molar-refractivity contribution in [3.05, 3.63) is 29.8 Å². The van der Waals surface area contributed by atoms with Gasteiger partial charge in [0.2, 0.25) is 11.8 Å². The number of hydrogen-bond acceptors (Lipinski definition) is 6. The molecule has 0 fully saturated rings. The summed E-state index contributed by atoms with van der Waals surface area (Å²) in [6, 6.07) is 5.00. The number of amides is 4. The van der Waals surface area contributed by atoms with Crippen LogP contribution in [-0.4, -0.2) is 48.0 Å². The lowest BCUT2D eigenvalue weighted by Crippen LogP contribution is -2.57. The first-order valence-electron chi connectivity index (χ1n) is 12.5. The molecule has 1 rings (SSSR count). The number of nitrogens with one attached hydrogen (secondary N) is 4. The molecule has 0 aliphatic rings. The van der Waals surface area contributed by atoms with Gasteiger partial charge in [-0.2, -0.15) is 0 Å². The van der Waals surface area contributed by atoms with Gasteiger partial charge in [-0.25, -0.2) is 4.79 Å². The minimum Gasteiger partial charge on any atom is -0.461 e. The summed E-state index contributed by atoms with van der Waals surface area (Å²) >= 11 is 0. The van der Waals surface area contributed by atoms with Gasteiger partial charge >= 0.3 is 12.0 Å². The summed E-state index contributed by atoms with van der Waals surface area (Å²) in [6.07, 6.45) is 1.90. The largest absolute Gasteiger partial charge is 0.461 e. The van der Waals surface area contributed by atoms with Gasteiger partial charge in [-0.15, -0.1) is 0 Å². The second kappa shape index (κ2) is 15.1. The lowest BCUT2D eigenvalue weighted by atomic mass is 9.95. The predicted molar refractivity (Wildman–Crippen MR) is 140 cm³/mol. The molecule has 1 aromatic rings. The van der Waals surface area contributed by atoms with Crippen LogP contribution in [0.25, 0.3) is 0 Å². The minimum absolute atomic E-state index is 0.00502. The standard InChI is InChI=1S/C26H43N5O5/c1-7-21(32)36-16-18-11-13-19(14-12-18)29-23(33)20(10-9-15-28-25(27)35)30-24(34)22(17(3)4)31-26(5,6)8-2/h11-14,17,20,22,31H,7-10,15-16H2,1-6H3,(H,29,33)(H,30,34)(H3,27,28,35)/t20-,22-/m0/s1. The second-order valence-corrected chi connectivity index (χ2v) is 9.80. The molecule has 1 aromatic carbocycles. The Morgan fingerprint density at radius 1 is 1.03 bits per heavy atom. The van der Waals surface area contributed by atoms with Crippen molar-refractivity contribution >= 4 is 29.5 Å². The van der Waals surface area contributed by atoms with E-state index in [9.17, 15) is 19.2 Å². The number of carbonyl (C=O) groups is 4. The third-order valence-corrected chi connectivity index (χ3v) is 5.89. The van der Waals surface area contributed by atoms with Crippen LogP contribution < -0.4 is 27.0 Å². The zero-order valence-electron chi connectivity index (χ0n) is 22.4. The molecule has 4 amide bonds. The van der Waals surface area contributed by atoms with E-state index >= 15 is 0 Å². The number of hydrogen-bond donors (Lipinski definition) is 5. The average molecular weight is 506 g/mol. The van der Waals surface area contributed by atoms with E-state index in [1.807, 2.05) is 34.6 Å². The molecular weight excluding hydrogens is 462 g/mol. The normalized spacial score (nSPS) is 13.0. The quantitative estimate of drug-likeness (QED) is 0.183. The molecule has 0 saturated carbocycles. The Kier molecular flexibility index (Phi) is 12.9. The van der Waals surface area contributed by atoms with Crippen molar-refractivity contribution < 1.29 is 23.9 Å². The molecule has 0 spiro atoms. The average Bonchev–Trinajstić information content (AvgIpc) is 2.83. The first-order chi connectivity index (χ1) is 16.9. The fourth-order valence-electron chi connectivity index (χ4n) is 3.29. The van der Waals surface area contributed by atoms with E-state index in [4.69, 9.17) is 10.5 Å². The summed E-state index contributed by atoms with van der Waals surface area (Å²) in [7, 11) is 0. The Bertz CT molecular complexity index is 870. The van der Waals surface area contributed by atoms with Crippen LogP contribution in [0.4, 0.5) is 10.5 Å². The fourth-order valence-corrected chi connectivity index (χ4v) is 3.29. The Morgan fingerprint density at radius 2 is 1.67 bits per heavy atom. The van der Waals surface area contributed by atoms with Gasteiger partial charge in [-0.3, -0.25) is 14.4 Å². The summed E-state index contributed by atoms with van der Waals surface area (Å²) in [5.41, 5.74) is 6.21. The van der Waals surface area contributed by atoms with Gasteiger partial charge < -0.3 is 31.7 Å². The molecule has 202 valence electrons. The molecular formula is C26H43N5O5. The van der Waals surface area contributed by atoms with E-state index in [-0.39, 0.29) is 42.4 Å². The molecule has 0 heterocycles. The molecule has 10 nitrogen and oxygen atoms in total. The molecule has 0 aliphatic heterocycles. The number of primary amides is 1. The highest BCUT2D eigenvalue weighted by atomic mass is 16.5. The van der Waals surface area contributed by atoms with E-state index < -0.39 is 18.1 Å². The monoisotopic (exact) mass is 505 g/mol. The van der Waals surface area contributed by atoms with Crippen molar-refractivity contribution in [2.75, 3.05) is 11.9 Å². The van der Waals surface area contributed by atoms with Crippen LogP contribution >= 0.6 is 0 Å². The first kappa shape index (κ1) is 30.9. The van der Waals surface area contributed by atoms with Gasteiger partial charge in [0.1, 0.15) is 12.6 Å². The van der Waals surface area contributed by atoms with E-state index in [0.717, 1.165) is 12.0 Å². The lowest BCUT2D eigenvalue weighted by molar-refractivity contribution is -0.144. The summed E-state index contributed by atoms with van der Waals surface area (Å²) in [4.78, 5) is 48.6. The molecule has 10 heteroatoms. The zero-order valence-corrected chi connectivity index (χ0v) is 22.4. The third-order valence-electron chi connectivity index (χ3n) is 5.89. The second-order valence-electron chi connectivity index (χ2n) is 9.80. The van der Waals surface area contributed by atoms with E-state index in [2.05, 4.69) is 21.3 Å². The first-order valence-corrected chi connectivity index (χ1v) is 12.5. The van der Waals surface area contributed by atoms with E-state index in [0.29, 0.717) is 24.9 Å². The van der Waals surface area contributed by atoms with Crippen LogP contribution in [0.3, 0.4) is 0 Å². The maximum absolute atomic E-state index is 13.2. The van der Waals surface area contributed by atoms with Gasteiger partial charge in [-0.05, 0) is 56.7 Å². The van der Waals surface area contributed by atoms with Crippen LogP contribution in [0.1, 0.15) is 72.8 Å². The number of rotatable bonds is 15. The van der Waals surface area contributed by atoms with Crippen molar-refractivity contribution in [1.29, 1.82) is 0 Å². The van der Waals surface area contributed by atoms with Crippen LogP contribution in [0, 0.1) is 5.92 Å². The highest BCUT2D eigenvalue weighted by Crippen LogP contribution is 2.15. The van der Waals surface area contributed by atoms with Crippen LogP contribution in [-0.2, 0) is 25.7 Å². The summed E-state index contributed by atoms with van der Waals surface area (Å²) in [5.74, 6) is -0.911. The van der Waals surface area contributed by atoms with Crippen molar-refractivity contribution in [3.63, 3.8) is 0 Å². The van der Waals surface area contributed by atoms with Gasteiger partial charge in [0.25, 0.3) is 0 Å². The zero-order chi connectivity index (χ0) is 27.3. The summed E-state index contributed by atoms with van der Waals surface area (Å²) < 4.78 is 5.12. The SMILES string of the molecule is CCC(=O)OCc1ccc(NC(=O)[C@H](CCCNC(N)=O)NC(=O)[C@@H](NC(C)(C)CC)C(C)C)cc1. The smallest absolute Gasteiger partial charge is 0.312 e. The van der Waals surface area contributed by atoms with Crippen molar-refractivity contribution in [2.45, 2.75) is 91.5 Å². The highest BCUT2D eigenvalue weighted by Gasteiger charge is 2.31. The van der Waals surface area contributed by atoms with Crippen LogP contribution in [0.2, 0.25) is 0 Å². The summed E-state index contributed by atoms with van der Waals surface area (Å²) in [5, 5.41) is 11.6. The number of benzene rings is 1. The minimum atomic E-state index is -0.815. The Labute approximate surface area is 214 Å². The Balaban J connectivity index is 2.92. The molecule has 0 radical (unpaired) electrons. The molecule has 36 heavy (non-hydrogen) atoms. The predicted octanol–water partition coefficient (Wildman–Crippen LogP) is 2.81. The van der Waals surface area contributed by atoms with E-state index in [1.54, 1.807) is 31.2 Å². The number of carbonyl (C=O) groups excluding carboxylic acids is 4. The summed E-state index contributed by atoms with van der Waals surface area (Å²) in [6.45, 7) is 12.2. The number of anilines is 1.